The highest BCUT2D eigenvalue weighted by Gasteiger charge is 2.36. The van der Waals surface area contributed by atoms with E-state index in [4.69, 9.17) is 9.26 Å². The van der Waals surface area contributed by atoms with Gasteiger partial charge in [0.25, 0.3) is 10.0 Å². The number of allylic oxidation sites excluding steroid dienone is 4. The van der Waals surface area contributed by atoms with Crippen LogP contribution in [0.2, 0.25) is 0 Å². The molecule has 2 aliphatic rings. The number of benzene rings is 1. The van der Waals surface area contributed by atoms with Gasteiger partial charge in [-0.15, -0.1) is 0 Å². The number of ketones is 1. The predicted molar refractivity (Wildman–Crippen MR) is 119 cm³/mol. The number of rotatable bonds is 6. The van der Waals surface area contributed by atoms with Crippen LogP contribution in [0.15, 0.2) is 73.9 Å². The van der Waals surface area contributed by atoms with Crippen molar-refractivity contribution < 1.29 is 22.5 Å². The summed E-state index contributed by atoms with van der Waals surface area (Å²) in [4.78, 5) is 14.7. The summed E-state index contributed by atoms with van der Waals surface area (Å²) in [6, 6.07) is 8.53. The summed E-state index contributed by atoms with van der Waals surface area (Å²) < 4.78 is 39.2. The van der Waals surface area contributed by atoms with Gasteiger partial charge in [-0.3, -0.25) is 4.79 Å². The van der Waals surface area contributed by atoms with E-state index in [-0.39, 0.29) is 29.5 Å². The number of likely N-dealkylation sites (N-methyl/N-ethyl adjacent to an activating group) is 1. The summed E-state index contributed by atoms with van der Waals surface area (Å²) in [6.07, 6.45) is 4.42. The van der Waals surface area contributed by atoms with Crippen LogP contribution < -0.4 is 9.04 Å². The lowest BCUT2D eigenvalue weighted by atomic mass is 9.92. The molecule has 2 heterocycles. The van der Waals surface area contributed by atoms with Crippen molar-refractivity contribution in [1.29, 1.82) is 0 Å². The van der Waals surface area contributed by atoms with Crippen LogP contribution in [-0.2, 0) is 21.4 Å². The average Bonchev–Trinajstić information content (AvgIpc) is 3.25. The van der Waals surface area contributed by atoms with Gasteiger partial charge in [0.15, 0.2) is 11.6 Å². The molecule has 2 aromatic rings. The summed E-state index contributed by atoms with van der Waals surface area (Å²) >= 11 is 3.45. The van der Waals surface area contributed by atoms with E-state index in [9.17, 15) is 13.2 Å². The zero-order chi connectivity index (χ0) is 22.2. The highest BCUT2D eigenvalue weighted by Crippen LogP contribution is 2.37. The molecule has 4 rings (SSSR count). The third-order valence-electron chi connectivity index (χ3n) is 5.02. The van der Waals surface area contributed by atoms with Crippen molar-refractivity contribution in [1.82, 2.24) is 10.1 Å². The molecule has 0 amide bonds. The van der Waals surface area contributed by atoms with Gasteiger partial charge in [0, 0.05) is 47.9 Å². The first-order valence-corrected chi connectivity index (χ1v) is 11.6. The van der Waals surface area contributed by atoms with Crippen LogP contribution in [0.5, 0.6) is 5.75 Å². The number of halogens is 1. The number of carbonyl (C=O) groups excluding carboxylic acids is 1. The Labute approximate surface area is 188 Å². The van der Waals surface area contributed by atoms with Crippen molar-refractivity contribution in [2.24, 2.45) is 0 Å². The minimum absolute atomic E-state index is 0.0135. The van der Waals surface area contributed by atoms with Gasteiger partial charge in [-0.25, -0.2) is 12.7 Å². The number of sulfonamides is 1. The van der Waals surface area contributed by atoms with E-state index < -0.39 is 10.0 Å². The Morgan fingerprint density at radius 3 is 2.65 bits per heavy atom. The quantitative estimate of drug-likeness (QED) is 0.593. The van der Waals surface area contributed by atoms with Crippen molar-refractivity contribution in [3.8, 4) is 5.75 Å². The van der Waals surface area contributed by atoms with Crippen molar-refractivity contribution in [3.63, 3.8) is 0 Å². The molecule has 8 nitrogen and oxygen atoms in total. The number of nitrogens with zero attached hydrogens (tertiary/aromatic N) is 3. The molecule has 162 valence electrons. The van der Waals surface area contributed by atoms with E-state index in [1.807, 2.05) is 11.9 Å². The van der Waals surface area contributed by atoms with Crippen LogP contribution >= 0.6 is 15.9 Å². The fourth-order valence-corrected chi connectivity index (χ4v) is 5.90. The first-order valence-electron chi connectivity index (χ1n) is 9.40. The summed E-state index contributed by atoms with van der Waals surface area (Å²) in [6.45, 7) is 0.582. The van der Waals surface area contributed by atoms with Crippen LogP contribution in [0.3, 0.4) is 0 Å². The van der Waals surface area contributed by atoms with Gasteiger partial charge in [-0.2, -0.15) is 0 Å². The SMILES string of the molecule is COc1ccc(CN(c2ccon2)S(=O)(=O)C2=CC3=CN(C)CC(Br)=C3C(=O)C2)cc1. The molecule has 0 fully saturated rings. The Balaban J connectivity index is 1.74. The Kier molecular flexibility index (Phi) is 5.76. The first kappa shape index (κ1) is 21.4. The molecule has 0 atom stereocenters. The highest BCUT2D eigenvalue weighted by molar-refractivity contribution is 9.11. The zero-order valence-corrected chi connectivity index (χ0v) is 19.3. The van der Waals surface area contributed by atoms with Gasteiger partial charge in [0.2, 0.25) is 0 Å². The second kappa shape index (κ2) is 8.35. The van der Waals surface area contributed by atoms with E-state index in [0.717, 1.165) is 14.4 Å². The smallest absolute Gasteiger partial charge is 0.262 e. The van der Waals surface area contributed by atoms with Gasteiger partial charge >= 0.3 is 0 Å². The van der Waals surface area contributed by atoms with Gasteiger partial charge in [0.1, 0.15) is 12.0 Å². The minimum atomic E-state index is -4.06. The number of hydrogen-bond donors (Lipinski definition) is 0. The summed E-state index contributed by atoms with van der Waals surface area (Å²) in [5.41, 5.74) is 1.83. The number of aromatic nitrogens is 1. The Morgan fingerprint density at radius 1 is 1.26 bits per heavy atom. The molecule has 10 heteroatoms. The van der Waals surface area contributed by atoms with Crippen molar-refractivity contribution in [3.05, 3.63) is 75.0 Å². The normalized spacial score (nSPS) is 16.6. The van der Waals surface area contributed by atoms with Gasteiger partial charge < -0.3 is 14.2 Å². The second-order valence-corrected chi connectivity index (χ2v) is 10.1. The van der Waals surface area contributed by atoms with E-state index >= 15 is 0 Å². The van der Waals surface area contributed by atoms with Gasteiger partial charge in [0.05, 0.1) is 18.6 Å². The largest absolute Gasteiger partial charge is 0.497 e. The van der Waals surface area contributed by atoms with E-state index in [1.54, 1.807) is 43.7 Å². The topological polar surface area (TPSA) is 92.9 Å². The molecule has 1 aliphatic heterocycles. The third-order valence-corrected chi connectivity index (χ3v) is 7.49. The minimum Gasteiger partial charge on any atom is -0.497 e. The zero-order valence-electron chi connectivity index (χ0n) is 16.9. The monoisotopic (exact) mass is 505 g/mol. The number of carbonyl (C=O) groups is 1. The third kappa shape index (κ3) is 4.17. The molecule has 0 bridgehead atoms. The molecule has 0 N–H and O–H groups in total. The Bertz CT molecular complexity index is 1200. The number of ether oxygens (including phenoxy) is 1. The lowest BCUT2D eigenvalue weighted by Gasteiger charge is -2.29. The van der Waals surface area contributed by atoms with E-state index in [1.165, 1.54) is 12.3 Å². The maximum Gasteiger partial charge on any atom is 0.262 e. The van der Waals surface area contributed by atoms with Crippen molar-refractivity contribution in [2.45, 2.75) is 13.0 Å². The van der Waals surface area contributed by atoms with Crippen LogP contribution in [0.4, 0.5) is 5.82 Å². The molecular formula is C21H20BrN3O5S. The molecular weight excluding hydrogens is 486 g/mol. The van der Waals surface area contributed by atoms with E-state index in [0.29, 0.717) is 23.4 Å². The van der Waals surface area contributed by atoms with Crippen LogP contribution in [0.1, 0.15) is 12.0 Å². The maximum absolute atomic E-state index is 13.6. The number of hydrogen-bond acceptors (Lipinski definition) is 7. The standard InChI is InChI=1S/C21H20BrN3O5S/c1-24-12-15-9-17(10-19(26)21(15)18(22)13-24)31(27,28)25(20-7-8-30-23-20)11-14-3-5-16(29-2)6-4-14/h3-9,12H,10-11,13H2,1-2H3. The molecule has 0 spiro atoms. The maximum atomic E-state index is 13.6. The lowest BCUT2D eigenvalue weighted by Crippen LogP contribution is -2.34. The Morgan fingerprint density at radius 2 is 2.00 bits per heavy atom. The summed E-state index contributed by atoms with van der Waals surface area (Å²) in [5, 5.41) is 3.83. The molecule has 0 saturated carbocycles. The highest BCUT2D eigenvalue weighted by atomic mass is 79.9. The van der Waals surface area contributed by atoms with Gasteiger partial charge in [-0.1, -0.05) is 33.2 Å². The number of Topliss-reactive ketones (excluding diaryl/α,β-unsaturated/α-hetero) is 1. The van der Waals surface area contributed by atoms with Crippen LogP contribution in [0.25, 0.3) is 0 Å². The van der Waals surface area contributed by atoms with Crippen molar-refractivity contribution >= 4 is 37.6 Å². The molecule has 0 radical (unpaired) electrons. The summed E-state index contributed by atoms with van der Waals surface area (Å²) in [7, 11) is -0.636. The predicted octanol–water partition coefficient (Wildman–Crippen LogP) is 3.35. The molecule has 1 aliphatic carbocycles. The van der Waals surface area contributed by atoms with Gasteiger partial charge in [-0.05, 0) is 23.8 Å². The lowest BCUT2D eigenvalue weighted by molar-refractivity contribution is -0.114. The average molecular weight is 506 g/mol. The number of anilines is 1. The number of fused-ring (bicyclic) bond motifs is 1. The van der Waals surface area contributed by atoms with Crippen LogP contribution in [0, 0.1) is 0 Å². The fraction of sp³-hybridized carbons (Fsp3) is 0.238. The first-order chi connectivity index (χ1) is 14.8. The second-order valence-electron chi connectivity index (χ2n) is 7.21. The molecule has 31 heavy (non-hydrogen) atoms. The van der Waals surface area contributed by atoms with Crippen molar-refractivity contribution in [2.75, 3.05) is 25.0 Å². The summed E-state index contributed by atoms with van der Waals surface area (Å²) in [5.74, 6) is 0.566. The number of methoxy groups -OCH3 is 1. The molecule has 0 saturated heterocycles. The van der Waals surface area contributed by atoms with E-state index in [2.05, 4.69) is 21.1 Å². The molecule has 0 unspecified atom stereocenters. The van der Waals surface area contributed by atoms with Crippen LogP contribution in [-0.4, -0.2) is 45.0 Å². The fourth-order valence-electron chi connectivity index (χ4n) is 3.52. The Hall–Kier alpha value is -2.85. The molecule has 1 aromatic heterocycles. The molecule has 1 aromatic carbocycles.